The normalized spacial score (nSPS) is 19.2. The van der Waals surface area contributed by atoms with Gasteiger partial charge in [-0.25, -0.2) is 9.79 Å². The van der Waals surface area contributed by atoms with Crippen LogP contribution in [0.2, 0.25) is 0 Å². The van der Waals surface area contributed by atoms with Crippen molar-refractivity contribution in [3.63, 3.8) is 0 Å². The first-order valence-corrected chi connectivity index (χ1v) is 10.3. The highest BCUT2D eigenvalue weighted by molar-refractivity contribution is 8.14. The summed E-state index contributed by atoms with van der Waals surface area (Å²) in [6, 6.07) is 8.74. The van der Waals surface area contributed by atoms with Crippen molar-refractivity contribution in [1.29, 1.82) is 0 Å². The molecule has 0 fully saturated rings. The number of hydrogen-bond acceptors (Lipinski definition) is 6. The van der Waals surface area contributed by atoms with Gasteiger partial charge in [-0.05, 0) is 18.1 Å². The molecular formula is C20H24N5O3S+. The number of carbonyl (C=O) groups excluding carboxylic acids is 3. The second-order valence-electron chi connectivity index (χ2n) is 7.31. The summed E-state index contributed by atoms with van der Waals surface area (Å²) in [5.41, 5.74) is 0.705. The first-order chi connectivity index (χ1) is 13.8. The second kappa shape index (κ2) is 8.69. The summed E-state index contributed by atoms with van der Waals surface area (Å²) in [4.78, 5) is 47.6. The summed E-state index contributed by atoms with van der Waals surface area (Å²) in [6.07, 6.45) is 0.614. The van der Waals surface area contributed by atoms with E-state index in [0.717, 1.165) is 4.90 Å². The third kappa shape index (κ3) is 4.61. The van der Waals surface area contributed by atoms with Gasteiger partial charge in [0, 0.05) is 12.1 Å². The molecule has 1 atom stereocenters. The van der Waals surface area contributed by atoms with Crippen molar-refractivity contribution in [3.05, 3.63) is 30.3 Å². The Morgan fingerprint density at radius 2 is 1.93 bits per heavy atom. The molecule has 0 radical (unpaired) electrons. The summed E-state index contributed by atoms with van der Waals surface area (Å²) in [6.45, 7) is 4.09. The Morgan fingerprint density at radius 3 is 2.59 bits per heavy atom. The Balaban J connectivity index is 1.84. The summed E-state index contributed by atoms with van der Waals surface area (Å²) >= 11 is 1.20. The number of carbonyl (C=O) groups is 3. The highest BCUT2D eigenvalue weighted by Gasteiger charge is 2.49. The van der Waals surface area contributed by atoms with E-state index in [-0.39, 0.29) is 17.6 Å². The number of rotatable bonds is 5. The van der Waals surface area contributed by atoms with Crippen molar-refractivity contribution in [2.75, 3.05) is 25.2 Å². The minimum Gasteiger partial charge on any atom is -0.325 e. The quantitative estimate of drug-likeness (QED) is 0.749. The largest absolute Gasteiger partial charge is 0.445 e. The molecule has 2 heterocycles. The maximum Gasteiger partial charge on any atom is 0.445 e. The summed E-state index contributed by atoms with van der Waals surface area (Å²) in [5, 5.41) is 3.31. The van der Waals surface area contributed by atoms with Crippen LogP contribution in [0.4, 0.5) is 10.5 Å². The molecule has 0 saturated heterocycles. The number of anilines is 1. The molecular weight excluding hydrogens is 390 g/mol. The second-order valence-corrected chi connectivity index (χ2v) is 8.30. The molecule has 8 nitrogen and oxygen atoms in total. The number of benzene rings is 1. The van der Waals surface area contributed by atoms with E-state index >= 15 is 0 Å². The maximum atomic E-state index is 12.8. The average Bonchev–Trinajstić information content (AvgIpc) is 2.69. The van der Waals surface area contributed by atoms with E-state index in [1.54, 1.807) is 19.2 Å². The van der Waals surface area contributed by atoms with E-state index in [1.165, 1.54) is 23.4 Å². The lowest BCUT2D eigenvalue weighted by Gasteiger charge is -2.26. The number of fused-ring (bicyclic) bond motifs is 1. The lowest BCUT2D eigenvalue weighted by molar-refractivity contribution is -0.407. The van der Waals surface area contributed by atoms with Gasteiger partial charge in [0.15, 0.2) is 5.92 Å². The molecule has 0 bridgehead atoms. The van der Waals surface area contributed by atoms with Gasteiger partial charge >= 0.3 is 11.9 Å². The van der Waals surface area contributed by atoms with Crippen LogP contribution in [0.15, 0.2) is 40.3 Å². The van der Waals surface area contributed by atoms with Crippen molar-refractivity contribution in [3.8, 4) is 0 Å². The number of urea groups is 1. The number of para-hydroxylation sites is 1. The van der Waals surface area contributed by atoms with Gasteiger partial charge in [-0.3, -0.25) is 9.59 Å². The molecule has 1 unspecified atom stereocenters. The van der Waals surface area contributed by atoms with Gasteiger partial charge in [-0.2, -0.15) is 9.48 Å². The predicted molar refractivity (Wildman–Crippen MR) is 115 cm³/mol. The molecule has 2 aliphatic heterocycles. The van der Waals surface area contributed by atoms with E-state index in [4.69, 9.17) is 0 Å². The molecule has 1 aromatic rings. The van der Waals surface area contributed by atoms with E-state index in [9.17, 15) is 14.4 Å². The molecule has 0 aromatic heterocycles. The number of nitrogens with zero attached hydrogens (tertiary/aromatic N) is 4. The van der Waals surface area contributed by atoms with Crippen molar-refractivity contribution in [1.82, 2.24) is 4.90 Å². The zero-order valence-corrected chi connectivity index (χ0v) is 17.7. The fraction of sp³-hybridized carbons (Fsp3) is 0.400. The van der Waals surface area contributed by atoms with Gasteiger partial charge in [0.1, 0.15) is 5.04 Å². The zero-order valence-electron chi connectivity index (χ0n) is 16.9. The van der Waals surface area contributed by atoms with Crippen molar-refractivity contribution < 1.29 is 19.0 Å². The minimum absolute atomic E-state index is 0.0983. The van der Waals surface area contributed by atoms with Crippen LogP contribution in [-0.4, -0.2) is 63.9 Å². The van der Waals surface area contributed by atoms with E-state index in [1.807, 2.05) is 32.0 Å². The van der Waals surface area contributed by atoms with Crippen LogP contribution in [0.25, 0.3) is 0 Å². The summed E-state index contributed by atoms with van der Waals surface area (Å²) in [5.74, 6) is -0.00638. The number of thioether (sulfide) groups is 1. The Bertz CT molecular complexity index is 937. The van der Waals surface area contributed by atoms with Gasteiger partial charge in [0.25, 0.3) is 5.84 Å². The fourth-order valence-corrected chi connectivity index (χ4v) is 3.94. The third-order valence-electron chi connectivity index (χ3n) is 4.48. The monoisotopic (exact) mass is 414 g/mol. The maximum absolute atomic E-state index is 12.8. The Labute approximate surface area is 173 Å². The van der Waals surface area contributed by atoms with Crippen LogP contribution in [-0.2, 0) is 9.59 Å². The van der Waals surface area contributed by atoms with Crippen LogP contribution in [0.3, 0.4) is 0 Å². The van der Waals surface area contributed by atoms with Gasteiger partial charge in [0.2, 0.25) is 11.7 Å². The molecule has 0 aliphatic carbocycles. The molecule has 9 heteroatoms. The highest BCUT2D eigenvalue weighted by Crippen LogP contribution is 2.26. The van der Waals surface area contributed by atoms with Crippen LogP contribution >= 0.6 is 11.8 Å². The lowest BCUT2D eigenvalue weighted by Crippen LogP contribution is -2.54. The van der Waals surface area contributed by atoms with E-state index < -0.39 is 11.9 Å². The number of amides is 4. The SMILES string of the molecule is CC(C)CC1=NC2=[N+](C)C(=O)N(C)C(=O)C2C(SCC(=O)Nc2ccccc2)=N1. The fourth-order valence-electron chi connectivity index (χ4n) is 3.05. The van der Waals surface area contributed by atoms with Crippen molar-refractivity contribution in [2.24, 2.45) is 21.8 Å². The molecule has 4 amide bonds. The van der Waals surface area contributed by atoms with Crippen molar-refractivity contribution >= 4 is 52.0 Å². The average molecular weight is 415 g/mol. The van der Waals surface area contributed by atoms with Crippen LogP contribution in [0.5, 0.6) is 0 Å². The summed E-state index contributed by atoms with van der Waals surface area (Å²) < 4.78 is 1.38. The van der Waals surface area contributed by atoms with Crippen LogP contribution < -0.4 is 5.32 Å². The standard InChI is InChI=1S/C20H23N5O3S/c1-12(2)10-14-22-17-16(19(27)25(4)20(28)24(17)3)18(23-14)29-11-15(26)21-13-8-6-5-7-9-13/h5-9,12,16H,10-11H2,1-4H3/p+1. The van der Waals surface area contributed by atoms with Gasteiger partial charge in [-0.15, -0.1) is 0 Å². The molecule has 152 valence electrons. The first kappa shape index (κ1) is 20.9. The number of amidine groups is 2. The number of imide groups is 1. The predicted octanol–water partition coefficient (Wildman–Crippen LogP) is 2.46. The van der Waals surface area contributed by atoms with Gasteiger partial charge < -0.3 is 5.32 Å². The molecule has 0 saturated carbocycles. The van der Waals surface area contributed by atoms with E-state index in [0.29, 0.717) is 34.7 Å². The molecule has 1 aromatic carbocycles. The Kier molecular flexibility index (Phi) is 6.26. The molecule has 29 heavy (non-hydrogen) atoms. The van der Waals surface area contributed by atoms with Crippen molar-refractivity contribution in [2.45, 2.75) is 20.3 Å². The summed E-state index contributed by atoms with van der Waals surface area (Å²) in [7, 11) is 3.04. The number of aliphatic imine (C=N–C) groups is 2. The molecule has 1 N–H and O–H groups in total. The van der Waals surface area contributed by atoms with Gasteiger partial charge in [-0.1, -0.05) is 48.8 Å². The number of nitrogens with one attached hydrogen (secondary N) is 1. The third-order valence-corrected chi connectivity index (χ3v) is 5.51. The Morgan fingerprint density at radius 1 is 1.24 bits per heavy atom. The lowest BCUT2D eigenvalue weighted by atomic mass is 10.0. The molecule has 0 spiro atoms. The molecule has 2 aliphatic rings. The minimum atomic E-state index is -0.770. The van der Waals surface area contributed by atoms with E-state index in [2.05, 4.69) is 15.3 Å². The first-order valence-electron chi connectivity index (χ1n) is 9.34. The van der Waals surface area contributed by atoms with Gasteiger partial charge in [0.05, 0.1) is 19.8 Å². The van der Waals surface area contributed by atoms with Crippen LogP contribution in [0, 0.1) is 11.8 Å². The van der Waals surface area contributed by atoms with Crippen LogP contribution in [0.1, 0.15) is 20.3 Å². The zero-order chi connectivity index (χ0) is 21.1. The Hall–Kier alpha value is -2.81. The topological polar surface area (TPSA) is 94.2 Å². The molecule has 3 rings (SSSR count). The number of hydrogen-bond donors (Lipinski definition) is 1. The smallest absolute Gasteiger partial charge is 0.325 e. The highest BCUT2D eigenvalue weighted by atomic mass is 32.2.